The van der Waals surface area contributed by atoms with Gasteiger partial charge in [0.1, 0.15) is 11.9 Å². The van der Waals surface area contributed by atoms with Crippen LogP contribution in [0.1, 0.15) is 72.6 Å². The van der Waals surface area contributed by atoms with Gasteiger partial charge in [-0.25, -0.2) is 0 Å². The molecule has 1 heterocycles. The predicted molar refractivity (Wildman–Crippen MR) is 149 cm³/mol. The molecule has 0 aromatic rings. The van der Waals surface area contributed by atoms with E-state index in [0.29, 0.717) is 30.3 Å². The summed E-state index contributed by atoms with van der Waals surface area (Å²) in [5.74, 6) is 4.00. The molecule has 0 aromatic carbocycles. The van der Waals surface area contributed by atoms with E-state index in [4.69, 9.17) is 4.74 Å². The molecular weight excluding hydrogens is 482 g/mol. The smallest absolute Gasteiger partial charge is 0.316 e. The van der Waals surface area contributed by atoms with E-state index in [1.807, 2.05) is 6.08 Å². The van der Waals surface area contributed by atoms with Gasteiger partial charge in [-0.05, 0) is 86.3 Å². The van der Waals surface area contributed by atoms with Gasteiger partial charge in [0.2, 0.25) is 0 Å². The highest BCUT2D eigenvalue weighted by molar-refractivity contribution is 7.99. The number of carbonyl (C=O) groups excluding carboxylic acids is 2. The zero-order valence-electron chi connectivity index (χ0n) is 23.7. The summed E-state index contributed by atoms with van der Waals surface area (Å²) in [7, 11) is 2.22. The number of aliphatic hydroxyl groups is 1. The highest BCUT2D eigenvalue weighted by Gasteiger charge is 2.68. The van der Waals surface area contributed by atoms with Crippen LogP contribution in [-0.2, 0) is 14.3 Å². The second-order valence-corrected chi connectivity index (χ2v) is 15.2. The van der Waals surface area contributed by atoms with Gasteiger partial charge in [0.15, 0.2) is 0 Å². The minimum Gasteiger partial charge on any atom is -0.461 e. The van der Waals surface area contributed by atoms with Gasteiger partial charge in [-0.1, -0.05) is 33.8 Å². The summed E-state index contributed by atoms with van der Waals surface area (Å²) in [6.45, 7) is 15.2. The molecular formula is C31H49NO4S. The number of aliphatic hydroxyl groups excluding tert-OH is 1. The van der Waals surface area contributed by atoms with Gasteiger partial charge >= 0.3 is 5.97 Å². The van der Waals surface area contributed by atoms with Gasteiger partial charge in [-0.2, -0.15) is 0 Å². The molecule has 2 bridgehead atoms. The van der Waals surface area contributed by atoms with E-state index in [-0.39, 0.29) is 29.1 Å². The number of ketones is 1. The van der Waals surface area contributed by atoms with Crippen LogP contribution in [0.25, 0.3) is 0 Å². The van der Waals surface area contributed by atoms with Crippen molar-refractivity contribution in [1.82, 2.24) is 4.90 Å². The second-order valence-electron chi connectivity index (χ2n) is 14.2. The first kappa shape index (κ1) is 27.7. The monoisotopic (exact) mass is 531 g/mol. The van der Waals surface area contributed by atoms with Crippen molar-refractivity contribution in [3.05, 3.63) is 12.7 Å². The van der Waals surface area contributed by atoms with Crippen molar-refractivity contribution >= 4 is 23.5 Å². The van der Waals surface area contributed by atoms with Crippen LogP contribution in [0.4, 0.5) is 0 Å². The van der Waals surface area contributed by atoms with Crippen molar-refractivity contribution in [2.75, 3.05) is 31.6 Å². The molecule has 0 radical (unpaired) electrons. The number of hydrogen-bond donors (Lipinski definition) is 1. The molecule has 208 valence electrons. The maximum Gasteiger partial charge on any atom is 0.316 e. The van der Waals surface area contributed by atoms with Crippen LogP contribution < -0.4 is 0 Å². The number of likely N-dealkylation sites (tertiary alicyclic amines) is 1. The number of fused-ring (bicyclic) bond motifs is 1. The lowest BCUT2D eigenvalue weighted by Crippen LogP contribution is -2.63. The van der Waals surface area contributed by atoms with Gasteiger partial charge in [0.05, 0.1) is 11.9 Å². The Kier molecular flexibility index (Phi) is 7.46. The van der Waals surface area contributed by atoms with E-state index in [0.717, 1.165) is 36.9 Å². The Balaban J connectivity index is 1.32. The number of carbonyl (C=O) groups is 2. The largest absolute Gasteiger partial charge is 0.461 e. The molecule has 0 spiro atoms. The van der Waals surface area contributed by atoms with Crippen LogP contribution in [0.2, 0.25) is 0 Å². The summed E-state index contributed by atoms with van der Waals surface area (Å²) in [6.07, 6.45) is 7.30. The second kappa shape index (κ2) is 9.96. The molecule has 2 unspecified atom stereocenters. The summed E-state index contributed by atoms with van der Waals surface area (Å²) >= 11 is 1.72. The molecule has 37 heavy (non-hydrogen) atoms. The number of rotatable bonds is 6. The van der Waals surface area contributed by atoms with Crippen LogP contribution in [0.3, 0.4) is 0 Å². The van der Waals surface area contributed by atoms with E-state index in [1.165, 1.54) is 25.9 Å². The molecule has 5 aliphatic rings. The zero-order valence-corrected chi connectivity index (χ0v) is 24.5. The number of Topliss-reactive ketones (excluding diaryl/α,β-unsaturated/α-hetero) is 1. The van der Waals surface area contributed by atoms with Crippen LogP contribution in [0.15, 0.2) is 12.7 Å². The predicted octanol–water partition coefficient (Wildman–Crippen LogP) is 5.21. The summed E-state index contributed by atoms with van der Waals surface area (Å²) in [4.78, 5) is 29.3. The molecule has 5 fully saturated rings. The number of esters is 1. The first-order chi connectivity index (χ1) is 17.4. The summed E-state index contributed by atoms with van der Waals surface area (Å²) in [5, 5.41) is 11.7. The lowest BCUT2D eigenvalue weighted by molar-refractivity contribution is -0.205. The van der Waals surface area contributed by atoms with Crippen molar-refractivity contribution in [1.29, 1.82) is 0 Å². The summed E-state index contributed by atoms with van der Waals surface area (Å²) in [5.41, 5.74) is -1.23. The average Bonchev–Trinajstić information content (AvgIpc) is 3.50. The quantitative estimate of drug-likeness (QED) is 0.375. The van der Waals surface area contributed by atoms with Crippen molar-refractivity contribution in [3.63, 3.8) is 0 Å². The van der Waals surface area contributed by atoms with E-state index < -0.39 is 23.0 Å². The van der Waals surface area contributed by atoms with Crippen molar-refractivity contribution in [2.45, 2.75) is 84.8 Å². The highest BCUT2D eigenvalue weighted by atomic mass is 32.2. The minimum atomic E-state index is -0.618. The standard InChI is InChI=1S/C31H49NO4S/c1-7-29(4)14-25(36-26(34)18-37-17-21-12-22-15-32(6)16-23(22)13-21)30(5)19(2)8-10-31(20(3)28(29)35)11-9-24(33)27(30)31/h7,19-23,25,27-28,35H,1,8-18H2,2-6H3/t19-,20+,21?,22?,23?,25-,27+,28+,29-,30+,31+/m1/s1. The Morgan fingerprint density at radius 3 is 2.54 bits per heavy atom. The number of hydrogen-bond acceptors (Lipinski definition) is 6. The third-order valence-electron chi connectivity index (χ3n) is 12.2. The van der Waals surface area contributed by atoms with Gasteiger partial charge in [0.25, 0.3) is 0 Å². The first-order valence-electron chi connectivity index (χ1n) is 14.7. The third-order valence-corrected chi connectivity index (χ3v) is 13.3. The van der Waals surface area contributed by atoms with Gasteiger partial charge < -0.3 is 14.7 Å². The third kappa shape index (κ3) is 4.45. The maximum atomic E-state index is 13.5. The van der Waals surface area contributed by atoms with Crippen LogP contribution in [-0.4, -0.2) is 65.6 Å². The lowest BCUT2D eigenvalue weighted by Gasteiger charge is -2.61. The molecule has 4 saturated carbocycles. The van der Waals surface area contributed by atoms with E-state index in [9.17, 15) is 14.7 Å². The van der Waals surface area contributed by atoms with Gasteiger partial charge in [0, 0.05) is 36.3 Å². The molecule has 5 rings (SSSR count). The van der Waals surface area contributed by atoms with Gasteiger partial charge in [-0.3, -0.25) is 9.59 Å². The average molecular weight is 532 g/mol. The molecule has 10 atom stereocenters. The Hall–Kier alpha value is -0.850. The zero-order chi connectivity index (χ0) is 26.8. The van der Waals surface area contributed by atoms with Crippen molar-refractivity contribution in [3.8, 4) is 0 Å². The Morgan fingerprint density at radius 2 is 1.89 bits per heavy atom. The topological polar surface area (TPSA) is 66.8 Å². The number of ether oxygens (including phenoxy) is 1. The van der Waals surface area contributed by atoms with Crippen molar-refractivity contribution < 1.29 is 19.4 Å². The van der Waals surface area contributed by atoms with E-state index >= 15 is 0 Å². The maximum absolute atomic E-state index is 13.5. The molecule has 6 heteroatoms. The minimum absolute atomic E-state index is 0.00308. The van der Waals surface area contributed by atoms with Crippen LogP contribution in [0.5, 0.6) is 0 Å². The molecule has 1 N–H and O–H groups in total. The lowest BCUT2D eigenvalue weighted by atomic mass is 9.44. The number of nitrogens with zero attached hydrogens (tertiary/aromatic N) is 1. The normalized spacial score (nSPS) is 49.7. The van der Waals surface area contributed by atoms with Crippen LogP contribution >= 0.6 is 11.8 Å². The molecule has 1 saturated heterocycles. The fourth-order valence-electron chi connectivity index (χ4n) is 9.80. The molecule has 0 aromatic heterocycles. The fourth-order valence-corrected chi connectivity index (χ4v) is 10.8. The Labute approximate surface area is 228 Å². The Morgan fingerprint density at radius 1 is 1.22 bits per heavy atom. The molecule has 0 amide bonds. The molecule has 1 aliphatic heterocycles. The fraction of sp³-hybridized carbons (Fsp3) is 0.871. The van der Waals surface area contributed by atoms with Gasteiger partial charge in [-0.15, -0.1) is 18.3 Å². The van der Waals surface area contributed by atoms with Crippen LogP contribution in [0, 0.1) is 51.8 Å². The van der Waals surface area contributed by atoms with E-state index in [1.54, 1.807) is 11.8 Å². The Bertz CT molecular complexity index is 911. The summed E-state index contributed by atoms with van der Waals surface area (Å²) < 4.78 is 6.40. The summed E-state index contributed by atoms with van der Waals surface area (Å²) in [6, 6.07) is 0. The number of thioether (sulfide) groups is 1. The highest BCUT2D eigenvalue weighted by Crippen LogP contribution is 2.68. The molecule has 4 aliphatic carbocycles. The molecule has 5 nitrogen and oxygen atoms in total. The van der Waals surface area contributed by atoms with E-state index in [2.05, 4.69) is 46.2 Å². The van der Waals surface area contributed by atoms with Crippen molar-refractivity contribution in [2.24, 2.45) is 51.8 Å². The SMILES string of the molecule is C=C[C@]1(C)C[C@@H](OC(=O)CSCC2CC3CN(C)CC3C2)[C@]2(C)[C@H](C)CC[C@]3(CCC(=O)[C@H]32)[C@@H](C)[C@@H]1O. The first-order valence-corrected chi connectivity index (χ1v) is 15.9.